The number of hydrogen-bond donors (Lipinski definition) is 2. The van der Waals surface area contributed by atoms with E-state index in [1.807, 2.05) is 18.2 Å². The van der Waals surface area contributed by atoms with Crippen LogP contribution in [0.25, 0.3) is 22.2 Å². The first kappa shape index (κ1) is 32.2. The Morgan fingerprint density at radius 1 is 1.07 bits per heavy atom. The molecule has 0 amide bonds. The van der Waals surface area contributed by atoms with Crippen molar-refractivity contribution in [3.63, 3.8) is 0 Å². The van der Waals surface area contributed by atoms with E-state index in [-0.39, 0.29) is 41.8 Å². The number of carbonyl (C=O) groups is 1. The molecule has 10 nitrogen and oxygen atoms in total. The topological polar surface area (TPSA) is 115 Å². The van der Waals surface area contributed by atoms with Crippen LogP contribution in [0.5, 0.6) is 5.75 Å². The number of nitrogens with zero attached hydrogens (tertiary/aromatic N) is 3. The minimum absolute atomic E-state index is 0.0190. The van der Waals surface area contributed by atoms with Crippen molar-refractivity contribution < 1.29 is 32.3 Å². The number of pyridine rings is 1. The molecule has 46 heavy (non-hydrogen) atoms. The first-order valence-corrected chi connectivity index (χ1v) is 16.3. The minimum atomic E-state index is -1.80. The maximum atomic E-state index is 15.3. The van der Waals surface area contributed by atoms with Crippen LogP contribution in [0.2, 0.25) is 0 Å². The highest BCUT2D eigenvalue weighted by Crippen LogP contribution is 2.36. The molecule has 0 bridgehead atoms. The molecule has 4 aromatic rings. The average molecular weight is 654 g/mol. The number of anilines is 2. The van der Waals surface area contributed by atoms with Crippen LogP contribution in [-0.4, -0.2) is 84.6 Å². The number of nitrogens with one attached hydrogen (secondary N) is 2. The number of piperidine rings is 1. The summed E-state index contributed by atoms with van der Waals surface area (Å²) in [7, 11) is 4.66. The van der Waals surface area contributed by atoms with Crippen LogP contribution in [0.1, 0.15) is 35.2 Å². The Labute approximate surface area is 269 Å². The molecule has 2 unspecified atom stereocenters. The number of carbonyl (C=O) groups excluding carboxylic acids is 1. The van der Waals surface area contributed by atoms with Gasteiger partial charge in [-0.3, -0.25) is 4.79 Å². The Bertz CT molecular complexity index is 1680. The summed E-state index contributed by atoms with van der Waals surface area (Å²) < 4.78 is 62.4. The fourth-order valence-corrected chi connectivity index (χ4v) is 7.37. The smallest absolute Gasteiger partial charge is 0.202 e. The summed E-state index contributed by atoms with van der Waals surface area (Å²) in [5.74, 6) is -1.14. The van der Waals surface area contributed by atoms with Crippen LogP contribution in [0.15, 0.2) is 54.9 Å². The molecule has 2 aromatic carbocycles. The third kappa shape index (κ3) is 6.42. The lowest BCUT2D eigenvalue weighted by molar-refractivity contribution is -0.141. The van der Waals surface area contributed by atoms with Gasteiger partial charge in [0.2, 0.25) is 5.78 Å². The maximum Gasteiger partial charge on any atom is 0.202 e. The molecule has 0 radical (unpaired) electrons. The Morgan fingerprint density at radius 2 is 1.80 bits per heavy atom. The third-order valence-electron chi connectivity index (χ3n) is 8.79. The van der Waals surface area contributed by atoms with E-state index in [1.54, 1.807) is 20.4 Å². The summed E-state index contributed by atoms with van der Waals surface area (Å²) in [5.41, 5.74) is 3.37. The molecule has 2 aliphatic rings. The van der Waals surface area contributed by atoms with E-state index in [4.69, 9.17) is 14.2 Å². The maximum absolute atomic E-state index is 15.3. The standard InChI is InChI=1S/C33H37F2N5O5S/c1-43-31-28(38-46(42)40-15-12-23(34)19-40)9-8-27(35)29(31)30(41)26-18-37-32-25(26)16-22(17-36-32)20-4-6-24(7-5-20)39-13-10-21(11-14-39)33(44-2)45-3/h4-9,16-18,21,23,33,38H,10-15,19H2,1-3H3,(H,36,37). The predicted molar refractivity (Wildman–Crippen MR) is 174 cm³/mol. The van der Waals surface area contributed by atoms with E-state index in [1.165, 1.54) is 23.7 Å². The summed E-state index contributed by atoms with van der Waals surface area (Å²) in [6.45, 7) is 2.13. The van der Waals surface area contributed by atoms with Gasteiger partial charge in [-0.1, -0.05) is 12.1 Å². The van der Waals surface area contributed by atoms with Crippen molar-refractivity contribution >= 4 is 39.7 Å². The number of rotatable bonds is 11. The van der Waals surface area contributed by atoms with Gasteiger partial charge < -0.3 is 28.6 Å². The van der Waals surface area contributed by atoms with Crippen LogP contribution in [-0.2, 0) is 21.0 Å². The molecule has 13 heteroatoms. The second kappa shape index (κ2) is 13.9. The zero-order chi connectivity index (χ0) is 32.4. The van der Waals surface area contributed by atoms with Crippen molar-refractivity contribution in [2.24, 2.45) is 5.92 Å². The molecule has 2 N–H and O–H groups in total. The first-order valence-electron chi connectivity index (χ1n) is 15.2. The average Bonchev–Trinajstić information content (AvgIpc) is 3.72. The lowest BCUT2D eigenvalue weighted by Gasteiger charge is -2.36. The molecule has 244 valence electrons. The van der Waals surface area contributed by atoms with E-state index in [0.717, 1.165) is 48.8 Å². The number of alkyl halides is 1. The summed E-state index contributed by atoms with van der Waals surface area (Å²) in [5, 5.41) is 0.522. The van der Waals surface area contributed by atoms with Crippen molar-refractivity contribution in [1.29, 1.82) is 0 Å². The van der Waals surface area contributed by atoms with Crippen LogP contribution >= 0.6 is 0 Å². The minimum Gasteiger partial charge on any atom is -0.573 e. The van der Waals surface area contributed by atoms with Gasteiger partial charge in [0.25, 0.3) is 0 Å². The molecule has 0 spiro atoms. The highest BCUT2D eigenvalue weighted by Gasteiger charge is 2.33. The Balaban J connectivity index is 1.23. The number of hydrogen-bond acceptors (Lipinski definition) is 9. The van der Waals surface area contributed by atoms with Crippen LogP contribution in [0, 0.1) is 11.7 Å². The first-order chi connectivity index (χ1) is 22.3. The Morgan fingerprint density at radius 3 is 2.46 bits per heavy atom. The van der Waals surface area contributed by atoms with E-state index >= 15 is 4.39 Å². The summed E-state index contributed by atoms with van der Waals surface area (Å²) in [6.07, 6.45) is 4.19. The van der Waals surface area contributed by atoms with Crippen molar-refractivity contribution in [3.05, 3.63) is 71.8 Å². The quantitative estimate of drug-likeness (QED) is 0.123. The molecule has 2 saturated heterocycles. The lowest BCUT2D eigenvalue weighted by Crippen LogP contribution is -2.39. The van der Waals surface area contributed by atoms with Gasteiger partial charge in [0.1, 0.15) is 28.9 Å². The molecule has 2 aliphatic heterocycles. The van der Waals surface area contributed by atoms with E-state index in [9.17, 15) is 13.7 Å². The highest BCUT2D eigenvalue weighted by atomic mass is 32.2. The largest absolute Gasteiger partial charge is 0.573 e. The molecule has 2 atom stereocenters. The van der Waals surface area contributed by atoms with Gasteiger partial charge >= 0.3 is 0 Å². The van der Waals surface area contributed by atoms with Crippen LogP contribution < -0.4 is 14.4 Å². The van der Waals surface area contributed by atoms with E-state index in [0.29, 0.717) is 23.5 Å². The van der Waals surface area contributed by atoms with Gasteiger partial charge in [-0.2, -0.15) is 4.72 Å². The monoisotopic (exact) mass is 653 g/mol. The molecule has 0 saturated carbocycles. The third-order valence-corrected chi connectivity index (χ3v) is 9.99. The zero-order valence-corrected chi connectivity index (χ0v) is 26.7. The summed E-state index contributed by atoms with van der Waals surface area (Å²) in [6, 6.07) is 12.5. The number of ketones is 1. The number of halogens is 2. The molecule has 2 fully saturated rings. The van der Waals surface area contributed by atoms with Crippen molar-refractivity contribution in [1.82, 2.24) is 14.3 Å². The lowest BCUT2D eigenvalue weighted by atomic mass is 9.95. The molecular formula is C33H37F2N5O5S. The van der Waals surface area contributed by atoms with Gasteiger partial charge in [0.05, 0.1) is 13.7 Å². The number of fused-ring (bicyclic) bond motifs is 1. The second-order valence-electron chi connectivity index (χ2n) is 11.5. The number of benzene rings is 2. The fraction of sp³-hybridized carbons (Fsp3) is 0.394. The van der Waals surface area contributed by atoms with Gasteiger partial charge in [-0.05, 0) is 55.2 Å². The fourth-order valence-electron chi connectivity index (χ4n) is 6.32. The zero-order valence-electron chi connectivity index (χ0n) is 25.9. The van der Waals surface area contributed by atoms with Crippen molar-refractivity contribution in [3.8, 4) is 16.9 Å². The summed E-state index contributed by atoms with van der Waals surface area (Å²) in [4.78, 5) is 23.8. The molecule has 4 heterocycles. The van der Waals surface area contributed by atoms with Crippen molar-refractivity contribution in [2.45, 2.75) is 31.7 Å². The van der Waals surface area contributed by atoms with Crippen LogP contribution in [0.4, 0.5) is 20.2 Å². The van der Waals surface area contributed by atoms with Gasteiger partial charge in [-0.15, -0.1) is 4.31 Å². The number of aromatic amines is 1. The number of H-pyrrole nitrogens is 1. The normalized spacial score (nSPS) is 18.4. The number of methoxy groups -OCH3 is 3. The predicted octanol–water partition coefficient (Wildman–Crippen LogP) is 5.48. The van der Waals surface area contributed by atoms with Gasteiger partial charge in [-0.25, -0.2) is 13.8 Å². The molecule has 6 rings (SSSR count). The highest BCUT2D eigenvalue weighted by molar-refractivity contribution is 7.90. The van der Waals surface area contributed by atoms with E-state index < -0.39 is 29.3 Å². The number of aromatic nitrogens is 2. The SMILES string of the molecule is COc1c(N[S+]([O-])N2CCC(F)C2)ccc(F)c1C(=O)c1c[nH]c2ncc(-c3ccc(N4CCC(C(OC)OC)CC4)cc3)cc12. The molecule has 0 aliphatic carbocycles. The molecule has 2 aromatic heterocycles. The van der Waals surface area contributed by atoms with Crippen LogP contribution in [0.3, 0.4) is 0 Å². The number of ether oxygens (including phenoxy) is 3. The molecular weight excluding hydrogens is 616 g/mol. The second-order valence-corrected chi connectivity index (χ2v) is 12.7. The Kier molecular flexibility index (Phi) is 9.76. The van der Waals surface area contributed by atoms with Crippen molar-refractivity contribution in [2.75, 3.05) is 57.1 Å². The Hall–Kier alpha value is -3.75. The summed E-state index contributed by atoms with van der Waals surface area (Å²) >= 11 is -1.80. The van der Waals surface area contributed by atoms with Gasteiger partial charge in [0, 0.05) is 74.4 Å². The van der Waals surface area contributed by atoms with Gasteiger partial charge in [0.15, 0.2) is 23.6 Å². The van der Waals surface area contributed by atoms with E-state index in [2.05, 4.69) is 31.7 Å².